The molecular weight excluding hydrogens is 205 g/mol. The van der Waals surface area contributed by atoms with Gasteiger partial charge in [-0.25, -0.2) is 4.39 Å². The largest absolute Gasteiger partial charge is 0.489 e. The van der Waals surface area contributed by atoms with Crippen molar-refractivity contribution in [3.63, 3.8) is 0 Å². The van der Waals surface area contributed by atoms with E-state index in [0.29, 0.717) is 12.4 Å². The third-order valence-electron chi connectivity index (χ3n) is 2.20. The number of hydrogen-bond acceptors (Lipinski definition) is 2. The average molecular weight is 223 g/mol. The van der Waals surface area contributed by atoms with Crippen LogP contribution in [-0.4, -0.2) is 6.61 Å². The van der Waals surface area contributed by atoms with E-state index < -0.39 is 0 Å². The molecule has 0 radical (unpaired) electrons. The molecule has 0 bridgehead atoms. The van der Waals surface area contributed by atoms with Crippen molar-refractivity contribution >= 4 is 0 Å². The molecule has 0 aliphatic heterocycles. The van der Waals surface area contributed by atoms with E-state index in [-0.39, 0.29) is 11.9 Å². The second-order valence-corrected chi connectivity index (χ2v) is 4.06. The Hall–Kier alpha value is -1.35. The summed E-state index contributed by atoms with van der Waals surface area (Å²) in [5.74, 6) is 0.212. The number of benzene rings is 1. The van der Waals surface area contributed by atoms with Gasteiger partial charge in [-0.2, -0.15) is 0 Å². The molecule has 1 atom stereocenters. The molecule has 0 heterocycles. The molecule has 2 nitrogen and oxygen atoms in total. The van der Waals surface area contributed by atoms with Crippen LogP contribution in [0, 0.1) is 5.82 Å². The molecule has 0 amide bonds. The summed E-state index contributed by atoms with van der Waals surface area (Å²) in [4.78, 5) is 0. The van der Waals surface area contributed by atoms with Gasteiger partial charge in [0.05, 0.1) is 0 Å². The second kappa shape index (κ2) is 5.66. The Balaban J connectivity index is 2.84. The van der Waals surface area contributed by atoms with Crippen LogP contribution in [0.1, 0.15) is 32.4 Å². The Labute approximate surface area is 95.9 Å². The van der Waals surface area contributed by atoms with Crippen LogP contribution in [0.4, 0.5) is 4.39 Å². The summed E-state index contributed by atoms with van der Waals surface area (Å²) in [7, 11) is 0. The van der Waals surface area contributed by atoms with E-state index in [0.717, 1.165) is 5.56 Å². The summed E-state index contributed by atoms with van der Waals surface area (Å²) in [5.41, 5.74) is 7.77. The van der Waals surface area contributed by atoms with E-state index in [1.165, 1.54) is 17.7 Å². The molecule has 0 saturated heterocycles. The number of halogens is 1. The van der Waals surface area contributed by atoms with E-state index >= 15 is 0 Å². The summed E-state index contributed by atoms with van der Waals surface area (Å²) in [6.07, 6.45) is 1.94. The van der Waals surface area contributed by atoms with Gasteiger partial charge in [0, 0.05) is 17.7 Å². The number of hydrogen-bond donors (Lipinski definition) is 1. The molecule has 2 N–H and O–H groups in total. The van der Waals surface area contributed by atoms with Gasteiger partial charge in [0.25, 0.3) is 0 Å². The first-order valence-corrected chi connectivity index (χ1v) is 5.32. The van der Waals surface area contributed by atoms with Crippen LogP contribution in [0.3, 0.4) is 0 Å². The zero-order chi connectivity index (χ0) is 12.1. The lowest BCUT2D eigenvalue weighted by Gasteiger charge is -2.13. The monoisotopic (exact) mass is 223 g/mol. The van der Waals surface area contributed by atoms with Gasteiger partial charge >= 0.3 is 0 Å². The molecule has 0 aromatic heterocycles. The van der Waals surface area contributed by atoms with Crippen molar-refractivity contribution in [1.82, 2.24) is 0 Å². The number of nitrogens with two attached hydrogens (primary N) is 1. The topological polar surface area (TPSA) is 35.2 Å². The number of allylic oxidation sites excluding steroid dienone is 1. The van der Waals surface area contributed by atoms with Crippen molar-refractivity contribution in [2.75, 3.05) is 6.61 Å². The molecule has 16 heavy (non-hydrogen) atoms. The van der Waals surface area contributed by atoms with Crippen LogP contribution in [0.5, 0.6) is 5.75 Å². The van der Waals surface area contributed by atoms with Crippen molar-refractivity contribution in [2.45, 2.75) is 26.8 Å². The van der Waals surface area contributed by atoms with Gasteiger partial charge in [0.2, 0.25) is 0 Å². The van der Waals surface area contributed by atoms with Crippen LogP contribution in [-0.2, 0) is 0 Å². The smallest absolute Gasteiger partial charge is 0.127 e. The molecule has 1 aromatic rings. The summed E-state index contributed by atoms with van der Waals surface area (Å²) >= 11 is 0. The quantitative estimate of drug-likeness (QED) is 0.795. The van der Waals surface area contributed by atoms with Crippen LogP contribution in [0.25, 0.3) is 0 Å². The molecule has 0 spiro atoms. The van der Waals surface area contributed by atoms with Gasteiger partial charge in [-0.1, -0.05) is 11.6 Å². The lowest BCUT2D eigenvalue weighted by Crippen LogP contribution is -2.08. The fraction of sp³-hybridized carbons (Fsp3) is 0.385. The van der Waals surface area contributed by atoms with Gasteiger partial charge in [0.1, 0.15) is 18.2 Å². The van der Waals surface area contributed by atoms with Gasteiger partial charge < -0.3 is 10.5 Å². The van der Waals surface area contributed by atoms with Crippen molar-refractivity contribution in [3.05, 3.63) is 41.2 Å². The maximum atomic E-state index is 13.1. The first-order valence-electron chi connectivity index (χ1n) is 5.32. The third kappa shape index (κ3) is 3.66. The predicted octanol–water partition coefficient (Wildman–Crippen LogP) is 3.19. The van der Waals surface area contributed by atoms with Crippen molar-refractivity contribution < 1.29 is 9.13 Å². The zero-order valence-electron chi connectivity index (χ0n) is 9.96. The van der Waals surface area contributed by atoms with Crippen molar-refractivity contribution in [1.29, 1.82) is 0 Å². The molecular formula is C13H18FNO. The number of rotatable bonds is 4. The highest BCUT2D eigenvalue weighted by atomic mass is 19.1. The molecule has 0 aliphatic carbocycles. The Kier molecular flexibility index (Phi) is 4.50. The maximum Gasteiger partial charge on any atom is 0.127 e. The molecule has 3 heteroatoms. The minimum absolute atomic E-state index is 0.165. The van der Waals surface area contributed by atoms with E-state index in [2.05, 4.69) is 0 Å². The summed E-state index contributed by atoms with van der Waals surface area (Å²) < 4.78 is 18.6. The van der Waals surface area contributed by atoms with Crippen molar-refractivity contribution in [2.24, 2.45) is 5.73 Å². The van der Waals surface area contributed by atoms with E-state index in [9.17, 15) is 4.39 Å². The van der Waals surface area contributed by atoms with Crippen LogP contribution >= 0.6 is 0 Å². The van der Waals surface area contributed by atoms with E-state index in [4.69, 9.17) is 10.5 Å². The summed E-state index contributed by atoms with van der Waals surface area (Å²) in [6, 6.07) is 4.27. The molecule has 0 aliphatic rings. The minimum Gasteiger partial charge on any atom is -0.489 e. The maximum absolute atomic E-state index is 13.1. The average Bonchev–Trinajstić information content (AvgIpc) is 2.16. The normalized spacial score (nSPS) is 12.1. The van der Waals surface area contributed by atoms with Gasteiger partial charge in [-0.3, -0.25) is 0 Å². The fourth-order valence-corrected chi connectivity index (χ4v) is 1.31. The Morgan fingerprint density at radius 2 is 2.19 bits per heavy atom. The Bertz CT molecular complexity index is 382. The van der Waals surface area contributed by atoms with Crippen LogP contribution in [0.15, 0.2) is 29.8 Å². The number of ether oxygens (including phenoxy) is 1. The molecule has 0 unspecified atom stereocenters. The Morgan fingerprint density at radius 1 is 1.50 bits per heavy atom. The van der Waals surface area contributed by atoms with Crippen LogP contribution in [0.2, 0.25) is 0 Å². The fourth-order valence-electron chi connectivity index (χ4n) is 1.31. The highest BCUT2D eigenvalue weighted by Crippen LogP contribution is 2.24. The zero-order valence-corrected chi connectivity index (χ0v) is 9.96. The highest BCUT2D eigenvalue weighted by molar-refractivity contribution is 5.36. The second-order valence-electron chi connectivity index (χ2n) is 4.06. The van der Waals surface area contributed by atoms with Gasteiger partial charge in [0.15, 0.2) is 0 Å². The molecule has 0 saturated carbocycles. The molecule has 0 fully saturated rings. The predicted molar refractivity (Wildman–Crippen MR) is 63.9 cm³/mol. The first kappa shape index (κ1) is 12.7. The highest BCUT2D eigenvalue weighted by Gasteiger charge is 2.08. The Morgan fingerprint density at radius 3 is 2.75 bits per heavy atom. The molecule has 1 aromatic carbocycles. The van der Waals surface area contributed by atoms with Crippen molar-refractivity contribution in [3.8, 4) is 5.75 Å². The van der Waals surface area contributed by atoms with E-state index in [1.54, 1.807) is 6.07 Å². The minimum atomic E-state index is -0.309. The summed E-state index contributed by atoms with van der Waals surface area (Å²) in [5, 5.41) is 0. The van der Waals surface area contributed by atoms with Gasteiger partial charge in [-0.15, -0.1) is 0 Å². The standard InChI is InChI=1S/C13H18FNO/c1-9(2)6-7-16-13-8-11(14)4-5-12(13)10(3)15/h4-6,8,10H,7,15H2,1-3H3/t10-/m0/s1. The van der Waals surface area contributed by atoms with Crippen LogP contribution < -0.4 is 10.5 Å². The first-order chi connectivity index (χ1) is 7.50. The summed E-state index contributed by atoms with van der Waals surface area (Å²) in [6.45, 7) is 6.26. The van der Waals surface area contributed by atoms with E-state index in [1.807, 2.05) is 26.8 Å². The lowest BCUT2D eigenvalue weighted by atomic mass is 10.1. The SMILES string of the molecule is CC(C)=CCOc1cc(F)ccc1[C@H](C)N. The molecule has 88 valence electrons. The third-order valence-corrected chi connectivity index (χ3v) is 2.20. The lowest BCUT2D eigenvalue weighted by molar-refractivity contribution is 0.353. The van der Waals surface area contributed by atoms with Gasteiger partial charge in [-0.05, 0) is 32.9 Å². The molecule has 1 rings (SSSR count).